The van der Waals surface area contributed by atoms with Crippen molar-refractivity contribution in [3.8, 4) is 22.5 Å². The van der Waals surface area contributed by atoms with Crippen LogP contribution in [-0.2, 0) is 6.54 Å². The summed E-state index contributed by atoms with van der Waals surface area (Å²) in [5.41, 5.74) is 4.94. The molecule has 0 unspecified atom stereocenters. The number of aromatic nitrogens is 2. The van der Waals surface area contributed by atoms with E-state index in [9.17, 15) is 4.79 Å². The summed E-state index contributed by atoms with van der Waals surface area (Å²) < 4.78 is 1.93. The van der Waals surface area contributed by atoms with Crippen LogP contribution in [0.2, 0.25) is 5.02 Å². The summed E-state index contributed by atoms with van der Waals surface area (Å²) in [6.07, 6.45) is 2.31. The Kier molecular flexibility index (Phi) is 6.53. The molecule has 0 radical (unpaired) electrons. The lowest BCUT2D eigenvalue weighted by molar-refractivity contribution is 0.169. The smallest absolute Gasteiger partial charge is 0.261 e. The highest BCUT2D eigenvalue weighted by molar-refractivity contribution is 6.30. The number of hydrogen-bond donors (Lipinski definition) is 0. The first-order chi connectivity index (χ1) is 16.5. The Bertz CT molecular complexity index is 1380. The third kappa shape index (κ3) is 4.53. The van der Waals surface area contributed by atoms with Crippen LogP contribution in [-0.4, -0.2) is 34.1 Å². The number of rotatable bonds is 5. The summed E-state index contributed by atoms with van der Waals surface area (Å²) in [5.74, 6) is 1.20. The number of aryl methyl sites for hydroxylation is 1. The molecule has 3 aromatic carbocycles. The minimum atomic E-state index is 0.0349. The molecule has 4 aromatic rings. The van der Waals surface area contributed by atoms with E-state index in [-0.39, 0.29) is 5.56 Å². The molecule has 1 atom stereocenters. The Morgan fingerprint density at radius 1 is 1.03 bits per heavy atom. The Labute approximate surface area is 205 Å². The fraction of sp³-hybridized carbons (Fsp3) is 0.310. The number of likely N-dealkylation sites (tertiary alicyclic amines) is 1. The largest absolute Gasteiger partial charge is 0.303 e. The minimum Gasteiger partial charge on any atom is -0.303 e. The van der Waals surface area contributed by atoms with Crippen LogP contribution in [0.25, 0.3) is 33.4 Å². The van der Waals surface area contributed by atoms with Gasteiger partial charge >= 0.3 is 0 Å². The van der Waals surface area contributed by atoms with Gasteiger partial charge in [0.2, 0.25) is 0 Å². The molecule has 34 heavy (non-hydrogen) atoms. The molecule has 1 aliphatic rings. The van der Waals surface area contributed by atoms with E-state index in [0.29, 0.717) is 22.9 Å². The third-order valence-electron chi connectivity index (χ3n) is 7.01. The van der Waals surface area contributed by atoms with E-state index < -0.39 is 0 Å². The summed E-state index contributed by atoms with van der Waals surface area (Å²) in [4.78, 5) is 21.5. The van der Waals surface area contributed by atoms with E-state index in [1.165, 1.54) is 6.42 Å². The molecule has 5 heteroatoms. The second kappa shape index (κ2) is 9.73. The molecule has 0 aliphatic carbocycles. The molecule has 0 bridgehead atoms. The molecular weight excluding hydrogens is 442 g/mol. The number of fused-ring (bicyclic) bond motifs is 1. The topological polar surface area (TPSA) is 38.1 Å². The molecule has 0 saturated carbocycles. The number of halogens is 1. The highest BCUT2D eigenvalue weighted by atomic mass is 35.5. The van der Waals surface area contributed by atoms with Gasteiger partial charge in [-0.25, -0.2) is 4.98 Å². The molecule has 1 aromatic heterocycles. The van der Waals surface area contributed by atoms with Crippen LogP contribution in [0.5, 0.6) is 0 Å². The van der Waals surface area contributed by atoms with Crippen molar-refractivity contribution in [3.05, 3.63) is 87.7 Å². The second-order valence-electron chi connectivity index (χ2n) is 9.31. The van der Waals surface area contributed by atoms with Crippen molar-refractivity contribution in [1.82, 2.24) is 14.5 Å². The van der Waals surface area contributed by atoms with Crippen LogP contribution >= 0.6 is 11.6 Å². The van der Waals surface area contributed by atoms with Gasteiger partial charge in [0.1, 0.15) is 5.82 Å². The molecule has 5 rings (SSSR count). The van der Waals surface area contributed by atoms with E-state index in [4.69, 9.17) is 16.6 Å². The van der Waals surface area contributed by atoms with Gasteiger partial charge in [0.15, 0.2) is 0 Å². The highest BCUT2D eigenvalue weighted by Crippen LogP contribution is 2.28. The van der Waals surface area contributed by atoms with E-state index in [1.807, 2.05) is 59.2 Å². The predicted octanol–water partition coefficient (Wildman–Crippen LogP) is 6.42. The van der Waals surface area contributed by atoms with E-state index in [1.54, 1.807) is 0 Å². The van der Waals surface area contributed by atoms with Crippen LogP contribution in [0.4, 0.5) is 0 Å². The Hall–Kier alpha value is -2.95. The van der Waals surface area contributed by atoms with Gasteiger partial charge in [-0.2, -0.15) is 0 Å². The molecule has 0 N–H and O–H groups in total. The highest BCUT2D eigenvalue weighted by Gasteiger charge is 2.23. The molecule has 0 spiro atoms. The second-order valence-corrected chi connectivity index (χ2v) is 9.74. The van der Waals surface area contributed by atoms with Gasteiger partial charge in [0.05, 0.1) is 10.9 Å². The Morgan fingerprint density at radius 3 is 2.56 bits per heavy atom. The van der Waals surface area contributed by atoms with Crippen LogP contribution in [0, 0.1) is 12.8 Å². The lowest BCUT2D eigenvalue weighted by Crippen LogP contribution is -2.38. The number of benzene rings is 3. The molecule has 1 aliphatic heterocycles. The van der Waals surface area contributed by atoms with Gasteiger partial charge in [0.25, 0.3) is 5.56 Å². The van der Waals surface area contributed by atoms with Crippen molar-refractivity contribution in [1.29, 1.82) is 0 Å². The van der Waals surface area contributed by atoms with Gasteiger partial charge < -0.3 is 4.90 Å². The number of hydrogen-bond acceptors (Lipinski definition) is 3. The number of piperidine rings is 1. The first-order valence-corrected chi connectivity index (χ1v) is 12.5. The van der Waals surface area contributed by atoms with E-state index >= 15 is 0 Å². The summed E-state index contributed by atoms with van der Waals surface area (Å²) in [6.45, 7) is 8.21. The van der Waals surface area contributed by atoms with Crippen LogP contribution in [0.15, 0.2) is 71.5 Å². The summed E-state index contributed by atoms with van der Waals surface area (Å²) in [7, 11) is 0. The zero-order chi connectivity index (χ0) is 23.7. The quantitative estimate of drug-likeness (QED) is 0.337. The predicted molar refractivity (Wildman–Crippen MR) is 141 cm³/mol. The SMILES string of the molecule is CCN1CCC[C@@H](Cn2c(-c3ccccc3C)nc3ccc(-c4ccc(Cl)cc4)cc3c2=O)C1. The van der Waals surface area contributed by atoms with Gasteiger partial charge in [-0.3, -0.25) is 9.36 Å². The van der Waals surface area contributed by atoms with E-state index in [0.717, 1.165) is 59.7 Å². The fourth-order valence-electron chi connectivity index (χ4n) is 5.09. The lowest BCUT2D eigenvalue weighted by atomic mass is 9.97. The minimum absolute atomic E-state index is 0.0349. The molecule has 1 fully saturated rings. The zero-order valence-electron chi connectivity index (χ0n) is 19.8. The maximum atomic E-state index is 14.0. The van der Waals surface area contributed by atoms with Crippen LogP contribution < -0.4 is 5.56 Å². The van der Waals surface area contributed by atoms with Gasteiger partial charge in [-0.05, 0) is 79.7 Å². The Morgan fingerprint density at radius 2 is 1.79 bits per heavy atom. The Balaban J connectivity index is 1.66. The van der Waals surface area contributed by atoms with Crippen molar-refractivity contribution in [3.63, 3.8) is 0 Å². The normalized spacial score (nSPS) is 16.7. The zero-order valence-corrected chi connectivity index (χ0v) is 20.6. The molecular formula is C29H30ClN3O. The first-order valence-electron chi connectivity index (χ1n) is 12.1. The molecule has 174 valence electrons. The standard InChI is InChI=1S/C29H30ClN3O/c1-3-32-16-6-8-21(18-32)19-33-28(25-9-5-4-7-20(25)2)31-27-15-12-23(17-26(27)29(33)34)22-10-13-24(30)14-11-22/h4-5,7,9-15,17,21H,3,6,8,16,18-19H2,1-2H3/t21-/m1/s1. The van der Waals surface area contributed by atoms with E-state index in [2.05, 4.69) is 30.9 Å². The lowest BCUT2D eigenvalue weighted by Gasteiger charge is -2.32. The summed E-state index contributed by atoms with van der Waals surface area (Å²) in [5, 5.41) is 1.36. The van der Waals surface area contributed by atoms with Crippen molar-refractivity contribution < 1.29 is 0 Å². The van der Waals surface area contributed by atoms with Gasteiger partial charge in [0, 0.05) is 23.7 Å². The van der Waals surface area contributed by atoms with Crippen molar-refractivity contribution in [2.24, 2.45) is 5.92 Å². The van der Waals surface area contributed by atoms with Crippen molar-refractivity contribution >= 4 is 22.5 Å². The first kappa shape index (κ1) is 22.8. The summed E-state index contributed by atoms with van der Waals surface area (Å²) in [6, 6.07) is 21.9. The fourth-order valence-corrected chi connectivity index (χ4v) is 5.21. The molecule has 4 nitrogen and oxygen atoms in total. The summed E-state index contributed by atoms with van der Waals surface area (Å²) >= 11 is 6.08. The monoisotopic (exact) mass is 471 g/mol. The average Bonchev–Trinajstić information content (AvgIpc) is 2.86. The van der Waals surface area contributed by atoms with Gasteiger partial charge in [-0.1, -0.05) is 61.0 Å². The maximum absolute atomic E-state index is 14.0. The third-order valence-corrected chi connectivity index (χ3v) is 7.26. The average molecular weight is 472 g/mol. The maximum Gasteiger partial charge on any atom is 0.261 e. The van der Waals surface area contributed by atoms with Crippen molar-refractivity contribution in [2.75, 3.05) is 19.6 Å². The number of nitrogens with zero attached hydrogens (tertiary/aromatic N) is 3. The molecule has 1 saturated heterocycles. The van der Waals surface area contributed by atoms with Gasteiger partial charge in [-0.15, -0.1) is 0 Å². The molecule has 2 heterocycles. The van der Waals surface area contributed by atoms with Crippen LogP contribution in [0.1, 0.15) is 25.3 Å². The van der Waals surface area contributed by atoms with Crippen molar-refractivity contribution in [2.45, 2.75) is 33.2 Å². The van der Waals surface area contributed by atoms with Crippen LogP contribution in [0.3, 0.4) is 0 Å². The molecule has 0 amide bonds.